The van der Waals surface area contributed by atoms with Gasteiger partial charge in [0.2, 0.25) is 0 Å². The average molecular weight is 380 g/mol. The maximum Gasteiger partial charge on any atom is 0.256 e. The second-order valence-corrected chi connectivity index (χ2v) is 7.89. The highest BCUT2D eigenvalue weighted by Gasteiger charge is 2.24. The normalized spacial score (nSPS) is 14.5. The number of benzene rings is 2. The van der Waals surface area contributed by atoms with Crippen LogP contribution in [0.3, 0.4) is 0 Å². The number of nitrogens with one attached hydrogen (secondary N) is 2. The van der Waals surface area contributed by atoms with E-state index in [0.717, 1.165) is 27.7 Å². The Labute approximate surface area is 160 Å². The number of aromatic nitrogens is 1. The quantitative estimate of drug-likeness (QED) is 0.497. The molecule has 1 amide bonds. The van der Waals surface area contributed by atoms with Crippen LogP contribution in [0.15, 0.2) is 58.9 Å². The minimum Gasteiger partial charge on any atom is -0.321 e. The highest BCUT2D eigenvalue weighted by molar-refractivity contribution is 7.97. The molecule has 2 heterocycles. The van der Waals surface area contributed by atoms with Gasteiger partial charge in [-0.05, 0) is 48.7 Å². The number of thiazole rings is 1. The molecule has 0 spiro atoms. The molecule has 0 atom stereocenters. The fourth-order valence-corrected chi connectivity index (χ4v) is 4.12. The standard InChI is InChI=1S/C20H17N3OS2/c1-13-3-2-4-14(9-13)12-22-26-15-5-6-18-16(10-15)17(20(24)23-18)11-19-21-7-8-25-19/h2-11,22H,12H2,1H3,(H,23,24)/b17-11+. The van der Waals surface area contributed by atoms with Crippen LogP contribution in [-0.2, 0) is 11.3 Å². The number of nitrogens with zero attached hydrogens (tertiary/aromatic N) is 1. The maximum absolute atomic E-state index is 12.3. The fourth-order valence-electron chi connectivity index (χ4n) is 2.83. The Morgan fingerprint density at radius 1 is 1.27 bits per heavy atom. The van der Waals surface area contributed by atoms with E-state index >= 15 is 0 Å². The molecule has 0 saturated carbocycles. The Bertz CT molecular complexity index is 980. The molecule has 6 heteroatoms. The molecule has 2 aromatic carbocycles. The van der Waals surface area contributed by atoms with Crippen LogP contribution in [0.4, 0.5) is 5.69 Å². The van der Waals surface area contributed by atoms with Gasteiger partial charge < -0.3 is 5.32 Å². The number of carbonyl (C=O) groups is 1. The van der Waals surface area contributed by atoms with E-state index in [1.54, 1.807) is 18.1 Å². The third-order valence-electron chi connectivity index (χ3n) is 4.04. The number of hydrogen-bond donors (Lipinski definition) is 2. The van der Waals surface area contributed by atoms with Crippen molar-refractivity contribution >= 4 is 46.5 Å². The van der Waals surface area contributed by atoms with Crippen molar-refractivity contribution in [3.63, 3.8) is 0 Å². The topological polar surface area (TPSA) is 54.0 Å². The molecule has 0 radical (unpaired) electrons. The first-order chi connectivity index (χ1) is 12.7. The van der Waals surface area contributed by atoms with Crippen molar-refractivity contribution in [2.24, 2.45) is 0 Å². The SMILES string of the molecule is Cc1cccc(CNSc2ccc3c(c2)/C(=C\c2nccs2)C(=O)N3)c1. The van der Waals surface area contributed by atoms with Crippen LogP contribution in [0.25, 0.3) is 11.6 Å². The number of fused-ring (bicyclic) bond motifs is 1. The van der Waals surface area contributed by atoms with Crippen molar-refractivity contribution in [1.82, 2.24) is 9.71 Å². The Hall–Kier alpha value is -2.41. The van der Waals surface area contributed by atoms with E-state index in [2.05, 4.69) is 46.2 Å². The molecule has 1 aliphatic rings. The molecule has 3 aromatic rings. The summed E-state index contributed by atoms with van der Waals surface area (Å²) in [6.45, 7) is 2.87. The lowest BCUT2D eigenvalue weighted by molar-refractivity contribution is -0.110. The summed E-state index contributed by atoms with van der Waals surface area (Å²) in [5.41, 5.74) is 4.94. The van der Waals surface area contributed by atoms with Crippen LogP contribution in [0.2, 0.25) is 0 Å². The summed E-state index contributed by atoms with van der Waals surface area (Å²) < 4.78 is 3.39. The van der Waals surface area contributed by atoms with Gasteiger partial charge in [0.05, 0.1) is 5.57 Å². The number of carbonyl (C=O) groups excluding carboxylic acids is 1. The predicted molar refractivity (Wildman–Crippen MR) is 109 cm³/mol. The average Bonchev–Trinajstić information content (AvgIpc) is 3.24. The van der Waals surface area contributed by atoms with Crippen molar-refractivity contribution < 1.29 is 4.79 Å². The first kappa shape index (κ1) is 17.0. The molecular weight excluding hydrogens is 362 g/mol. The zero-order valence-electron chi connectivity index (χ0n) is 14.2. The van der Waals surface area contributed by atoms with Gasteiger partial charge in [-0.25, -0.2) is 4.98 Å². The Morgan fingerprint density at radius 2 is 2.19 bits per heavy atom. The summed E-state index contributed by atoms with van der Waals surface area (Å²) in [7, 11) is 0. The molecule has 4 nitrogen and oxygen atoms in total. The van der Waals surface area contributed by atoms with Crippen LogP contribution >= 0.6 is 23.3 Å². The highest BCUT2D eigenvalue weighted by Crippen LogP contribution is 2.35. The van der Waals surface area contributed by atoms with E-state index < -0.39 is 0 Å². The summed E-state index contributed by atoms with van der Waals surface area (Å²) in [4.78, 5) is 17.6. The first-order valence-electron chi connectivity index (χ1n) is 8.21. The fraction of sp³-hybridized carbons (Fsp3) is 0.100. The Kier molecular flexibility index (Phi) is 4.88. The molecular formula is C20H17N3OS2. The number of amides is 1. The third kappa shape index (κ3) is 3.72. The molecule has 0 fully saturated rings. The van der Waals surface area contributed by atoms with Crippen molar-refractivity contribution in [2.75, 3.05) is 5.32 Å². The number of hydrogen-bond acceptors (Lipinski definition) is 5. The summed E-state index contributed by atoms with van der Waals surface area (Å²) in [6.07, 6.45) is 3.59. The lowest BCUT2D eigenvalue weighted by Gasteiger charge is -2.07. The largest absolute Gasteiger partial charge is 0.321 e. The second-order valence-electron chi connectivity index (χ2n) is 6.00. The van der Waals surface area contributed by atoms with E-state index in [1.807, 2.05) is 29.7 Å². The van der Waals surface area contributed by atoms with Gasteiger partial charge in [-0.15, -0.1) is 11.3 Å². The van der Waals surface area contributed by atoms with Crippen molar-refractivity contribution in [2.45, 2.75) is 18.4 Å². The van der Waals surface area contributed by atoms with Crippen LogP contribution < -0.4 is 10.0 Å². The molecule has 4 rings (SSSR count). The Balaban J connectivity index is 1.50. The second kappa shape index (κ2) is 7.45. The summed E-state index contributed by atoms with van der Waals surface area (Å²) in [5, 5.41) is 5.65. The van der Waals surface area contributed by atoms with Crippen molar-refractivity contribution in [1.29, 1.82) is 0 Å². The lowest BCUT2D eigenvalue weighted by atomic mass is 10.1. The minimum atomic E-state index is -0.0786. The molecule has 0 unspecified atom stereocenters. The molecule has 1 aliphatic heterocycles. The third-order valence-corrected chi connectivity index (χ3v) is 5.54. The zero-order valence-corrected chi connectivity index (χ0v) is 15.8. The predicted octanol–water partition coefficient (Wildman–Crippen LogP) is 4.74. The maximum atomic E-state index is 12.3. The highest BCUT2D eigenvalue weighted by atomic mass is 32.2. The van der Waals surface area contributed by atoms with E-state index in [0.29, 0.717) is 5.57 Å². The first-order valence-corrected chi connectivity index (χ1v) is 9.91. The molecule has 0 aliphatic carbocycles. The number of rotatable bonds is 5. The molecule has 0 bridgehead atoms. The Morgan fingerprint density at radius 3 is 3.00 bits per heavy atom. The van der Waals surface area contributed by atoms with Crippen LogP contribution in [0.1, 0.15) is 21.7 Å². The van der Waals surface area contributed by atoms with Gasteiger partial charge in [-0.3, -0.25) is 9.52 Å². The summed E-state index contributed by atoms with van der Waals surface area (Å²) in [6, 6.07) is 14.5. The van der Waals surface area contributed by atoms with Gasteiger partial charge in [0.1, 0.15) is 5.01 Å². The lowest BCUT2D eigenvalue weighted by Crippen LogP contribution is -2.03. The van der Waals surface area contributed by atoms with E-state index in [-0.39, 0.29) is 5.91 Å². The molecule has 26 heavy (non-hydrogen) atoms. The smallest absolute Gasteiger partial charge is 0.256 e. The van der Waals surface area contributed by atoms with Gasteiger partial charge in [-0.1, -0.05) is 29.8 Å². The monoisotopic (exact) mass is 379 g/mol. The van der Waals surface area contributed by atoms with Crippen LogP contribution in [0.5, 0.6) is 0 Å². The molecule has 1 aromatic heterocycles. The minimum absolute atomic E-state index is 0.0786. The summed E-state index contributed by atoms with van der Waals surface area (Å²) in [5.74, 6) is -0.0786. The van der Waals surface area contributed by atoms with Crippen LogP contribution in [-0.4, -0.2) is 10.9 Å². The molecule has 0 saturated heterocycles. The van der Waals surface area contributed by atoms with Crippen LogP contribution in [0, 0.1) is 6.92 Å². The number of aryl methyl sites for hydroxylation is 1. The zero-order chi connectivity index (χ0) is 17.9. The van der Waals surface area contributed by atoms with E-state index in [9.17, 15) is 4.79 Å². The van der Waals surface area contributed by atoms with Gasteiger partial charge in [0, 0.05) is 34.3 Å². The molecule has 2 N–H and O–H groups in total. The van der Waals surface area contributed by atoms with E-state index in [4.69, 9.17) is 0 Å². The number of anilines is 1. The van der Waals surface area contributed by atoms with Gasteiger partial charge in [0.15, 0.2) is 0 Å². The van der Waals surface area contributed by atoms with Gasteiger partial charge >= 0.3 is 0 Å². The summed E-state index contributed by atoms with van der Waals surface area (Å²) >= 11 is 3.09. The van der Waals surface area contributed by atoms with Crippen molar-refractivity contribution in [3.8, 4) is 0 Å². The van der Waals surface area contributed by atoms with Gasteiger partial charge in [0.25, 0.3) is 5.91 Å². The van der Waals surface area contributed by atoms with E-state index in [1.165, 1.54) is 22.5 Å². The molecule has 130 valence electrons. The van der Waals surface area contributed by atoms with Crippen molar-refractivity contribution in [3.05, 3.63) is 75.7 Å². The van der Waals surface area contributed by atoms with Gasteiger partial charge in [-0.2, -0.15) is 0 Å².